The van der Waals surface area contributed by atoms with Crippen molar-refractivity contribution in [2.24, 2.45) is 0 Å². The van der Waals surface area contributed by atoms with Gasteiger partial charge in [-0.1, -0.05) is 11.8 Å². The van der Waals surface area contributed by atoms with Gasteiger partial charge in [-0.25, -0.2) is 8.42 Å². The van der Waals surface area contributed by atoms with Gasteiger partial charge in [-0.3, -0.25) is 5.41 Å². The lowest BCUT2D eigenvalue weighted by molar-refractivity contribution is 0.340. The monoisotopic (exact) mass is 312 g/mol. The SMILES string of the molecule is CCOc1ccc(N2C(=N)S[C@@H]3CS(=O)(=O)C[C@H]32)cc1. The van der Waals surface area contributed by atoms with E-state index in [1.54, 1.807) is 0 Å². The van der Waals surface area contributed by atoms with Crippen LogP contribution in [0.1, 0.15) is 6.92 Å². The summed E-state index contributed by atoms with van der Waals surface area (Å²) in [5.41, 5.74) is 0.857. The second-order valence-electron chi connectivity index (χ2n) is 4.90. The lowest BCUT2D eigenvalue weighted by Crippen LogP contribution is -2.37. The quantitative estimate of drug-likeness (QED) is 0.920. The molecule has 0 radical (unpaired) electrons. The molecule has 0 saturated carbocycles. The van der Waals surface area contributed by atoms with Crippen LogP contribution in [0.3, 0.4) is 0 Å². The van der Waals surface area contributed by atoms with Crippen LogP contribution in [0, 0.1) is 5.41 Å². The third-order valence-corrected chi connectivity index (χ3v) is 6.64. The van der Waals surface area contributed by atoms with Crippen LogP contribution in [0.2, 0.25) is 0 Å². The zero-order valence-corrected chi connectivity index (χ0v) is 12.7. The maximum atomic E-state index is 11.7. The molecule has 0 aromatic heterocycles. The highest BCUT2D eigenvalue weighted by Gasteiger charge is 2.48. The van der Waals surface area contributed by atoms with Crippen LogP contribution in [0.5, 0.6) is 5.75 Å². The van der Waals surface area contributed by atoms with Gasteiger partial charge in [-0.05, 0) is 31.2 Å². The standard InChI is InChI=1S/C13H16N2O3S2/c1-2-18-10-5-3-9(4-6-10)15-11-7-20(16,17)8-12(11)19-13(15)14/h3-6,11-12,14H,2,7-8H2,1H3/t11-,12-/m1/s1. The van der Waals surface area contributed by atoms with E-state index in [9.17, 15) is 8.42 Å². The first-order chi connectivity index (χ1) is 9.50. The first-order valence-corrected chi connectivity index (χ1v) is 9.18. The van der Waals surface area contributed by atoms with Gasteiger partial charge in [-0.2, -0.15) is 0 Å². The Morgan fingerprint density at radius 2 is 2.05 bits per heavy atom. The molecule has 0 spiro atoms. The average Bonchev–Trinajstić information content (AvgIpc) is 2.81. The van der Waals surface area contributed by atoms with Crippen LogP contribution < -0.4 is 9.64 Å². The predicted octanol–water partition coefficient (Wildman–Crippen LogP) is 1.74. The van der Waals surface area contributed by atoms with Crippen molar-refractivity contribution in [2.75, 3.05) is 23.0 Å². The molecule has 0 aliphatic carbocycles. The first-order valence-electron chi connectivity index (χ1n) is 6.48. The second kappa shape index (κ2) is 4.96. The fourth-order valence-corrected chi connectivity index (χ4v) is 6.47. The third-order valence-electron chi connectivity index (χ3n) is 3.51. The highest BCUT2D eigenvalue weighted by molar-refractivity contribution is 8.15. The molecule has 2 atom stereocenters. The fraction of sp³-hybridized carbons (Fsp3) is 0.462. The Kier molecular flexibility index (Phi) is 3.41. The normalized spacial score (nSPS) is 27.6. The molecule has 0 amide bonds. The molecule has 3 rings (SSSR count). The molecule has 20 heavy (non-hydrogen) atoms. The van der Waals surface area contributed by atoms with Gasteiger partial charge in [0.1, 0.15) is 5.75 Å². The van der Waals surface area contributed by atoms with E-state index in [1.165, 1.54) is 11.8 Å². The van der Waals surface area contributed by atoms with E-state index in [2.05, 4.69) is 0 Å². The van der Waals surface area contributed by atoms with E-state index in [4.69, 9.17) is 10.1 Å². The van der Waals surface area contributed by atoms with Crippen molar-refractivity contribution in [1.29, 1.82) is 5.41 Å². The predicted molar refractivity (Wildman–Crippen MR) is 81.6 cm³/mol. The van der Waals surface area contributed by atoms with Crippen LogP contribution >= 0.6 is 11.8 Å². The Morgan fingerprint density at radius 1 is 1.35 bits per heavy atom. The Hall–Kier alpha value is -1.21. The zero-order valence-electron chi connectivity index (χ0n) is 11.1. The Morgan fingerprint density at radius 3 is 2.70 bits per heavy atom. The van der Waals surface area contributed by atoms with E-state index < -0.39 is 9.84 Å². The van der Waals surface area contributed by atoms with Gasteiger partial charge in [0.05, 0.1) is 24.2 Å². The number of ether oxygens (including phenoxy) is 1. The first kappa shape index (κ1) is 13.8. The summed E-state index contributed by atoms with van der Waals surface area (Å²) in [6, 6.07) is 7.36. The largest absolute Gasteiger partial charge is 0.494 e. The number of nitrogens with zero attached hydrogens (tertiary/aromatic N) is 1. The fourth-order valence-electron chi connectivity index (χ4n) is 2.68. The average molecular weight is 312 g/mol. The number of benzene rings is 1. The molecule has 0 unspecified atom stereocenters. The topological polar surface area (TPSA) is 70.5 Å². The van der Waals surface area contributed by atoms with Gasteiger partial charge >= 0.3 is 0 Å². The molecule has 1 N–H and O–H groups in total. The van der Waals surface area contributed by atoms with Crippen molar-refractivity contribution in [3.63, 3.8) is 0 Å². The zero-order chi connectivity index (χ0) is 14.3. The summed E-state index contributed by atoms with van der Waals surface area (Å²) in [4.78, 5) is 1.83. The van der Waals surface area contributed by atoms with E-state index >= 15 is 0 Å². The van der Waals surface area contributed by atoms with Crippen molar-refractivity contribution in [1.82, 2.24) is 0 Å². The molecule has 0 bridgehead atoms. The van der Waals surface area contributed by atoms with Crippen molar-refractivity contribution < 1.29 is 13.2 Å². The van der Waals surface area contributed by atoms with E-state index in [0.717, 1.165) is 11.4 Å². The maximum Gasteiger partial charge on any atom is 0.161 e. The summed E-state index contributed by atoms with van der Waals surface area (Å²) < 4.78 is 28.9. The summed E-state index contributed by atoms with van der Waals surface area (Å²) in [7, 11) is -2.97. The van der Waals surface area contributed by atoms with Gasteiger partial charge in [0.2, 0.25) is 0 Å². The molecule has 7 heteroatoms. The molecule has 2 fully saturated rings. The van der Waals surface area contributed by atoms with Crippen LogP contribution in [-0.2, 0) is 9.84 Å². The van der Waals surface area contributed by atoms with Crippen molar-refractivity contribution >= 4 is 32.5 Å². The minimum absolute atomic E-state index is 0.0148. The maximum absolute atomic E-state index is 11.7. The molecule has 2 aliphatic heterocycles. The number of thioether (sulfide) groups is 1. The number of fused-ring (bicyclic) bond motifs is 1. The lowest BCUT2D eigenvalue weighted by atomic mass is 10.2. The molecule has 1 aromatic rings. The summed E-state index contributed by atoms with van der Waals surface area (Å²) in [5, 5.41) is 8.48. The number of nitrogens with one attached hydrogen (secondary N) is 1. The molecule has 108 valence electrons. The van der Waals surface area contributed by atoms with Crippen molar-refractivity contribution in [3.05, 3.63) is 24.3 Å². The van der Waals surface area contributed by atoms with Crippen LogP contribution in [0.15, 0.2) is 24.3 Å². The van der Waals surface area contributed by atoms with Gasteiger partial charge in [0.25, 0.3) is 0 Å². The van der Waals surface area contributed by atoms with Crippen LogP contribution in [-0.4, -0.2) is 43.0 Å². The van der Waals surface area contributed by atoms with Crippen molar-refractivity contribution in [2.45, 2.75) is 18.2 Å². The molecule has 2 aliphatic rings. The highest BCUT2D eigenvalue weighted by atomic mass is 32.2. The Balaban J connectivity index is 1.87. The summed E-state index contributed by atoms with van der Waals surface area (Å²) in [6.45, 7) is 2.53. The van der Waals surface area contributed by atoms with Gasteiger partial charge in [0.15, 0.2) is 15.0 Å². The number of anilines is 1. The summed E-state index contributed by atoms with van der Waals surface area (Å²) in [6.07, 6.45) is 0. The highest BCUT2D eigenvalue weighted by Crippen LogP contribution is 2.40. The minimum Gasteiger partial charge on any atom is -0.494 e. The summed E-state index contributed by atoms with van der Waals surface area (Å²) >= 11 is 1.35. The molecule has 1 aromatic carbocycles. The molecular weight excluding hydrogens is 296 g/mol. The molecule has 5 nitrogen and oxygen atoms in total. The Labute approximate surface area is 122 Å². The van der Waals surface area contributed by atoms with Gasteiger partial charge in [0, 0.05) is 10.9 Å². The number of hydrogen-bond donors (Lipinski definition) is 1. The van der Waals surface area contributed by atoms with Gasteiger partial charge in [-0.15, -0.1) is 0 Å². The summed E-state index contributed by atoms with van der Waals surface area (Å²) in [5.74, 6) is 1.10. The number of hydrogen-bond acceptors (Lipinski definition) is 5. The van der Waals surface area contributed by atoms with E-state index in [1.807, 2.05) is 36.1 Å². The number of amidine groups is 1. The van der Waals surface area contributed by atoms with E-state index in [-0.39, 0.29) is 22.8 Å². The van der Waals surface area contributed by atoms with Crippen molar-refractivity contribution in [3.8, 4) is 5.75 Å². The van der Waals surface area contributed by atoms with Crippen LogP contribution in [0.25, 0.3) is 0 Å². The molecule has 2 heterocycles. The van der Waals surface area contributed by atoms with Crippen LogP contribution in [0.4, 0.5) is 5.69 Å². The number of sulfone groups is 1. The third kappa shape index (κ3) is 2.40. The lowest BCUT2D eigenvalue weighted by Gasteiger charge is -2.24. The minimum atomic E-state index is -2.97. The number of rotatable bonds is 3. The second-order valence-corrected chi connectivity index (χ2v) is 8.28. The molecule has 2 saturated heterocycles. The van der Waals surface area contributed by atoms with E-state index in [0.29, 0.717) is 11.8 Å². The Bertz CT molecular complexity index is 628. The smallest absolute Gasteiger partial charge is 0.161 e. The molecular formula is C13H16N2O3S2. The van der Waals surface area contributed by atoms with Gasteiger partial charge < -0.3 is 9.64 Å².